The Hall–Kier alpha value is -0.350. The van der Waals surface area contributed by atoms with E-state index >= 15 is 0 Å². The Morgan fingerprint density at radius 1 is 1.24 bits per heavy atom. The van der Waals surface area contributed by atoms with E-state index in [4.69, 9.17) is 46.4 Å². The van der Waals surface area contributed by atoms with Gasteiger partial charge in [-0.2, -0.15) is 0 Å². The summed E-state index contributed by atoms with van der Waals surface area (Å²) in [5.41, 5.74) is 1.11. The normalized spacial score (nSPS) is 12.1. The van der Waals surface area contributed by atoms with Gasteiger partial charge in [0.25, 0.3) is 4.46 Å². The highest BCUT2D eigenvalue weighted by Crippen LogP contribution is 2.36. The van der Waals surface area contributed by atoms with E-state index in [1.807, 2.05) is 6.92 Å². The molecule has 3 nitrogen and oxygen atoms in total. The summed E-state index contributed by atoms with van der Waals surface area (Å²) >= 11 is 23.1. The Labute approximate surface area is 119 Å². The smallest absolute Gasteiger partial charge is 0.285 e. The third-order valence-electron chi connectivity index (χ3n) is 1.86. The molecule has 0 aliphatic rings. The Kier molecular flexibility index (Phi) is 4.78. The molecule has 0 aromatic heterocycles. The van der Waals surface area contributed by atoms with E-state index in [2.05, 4.69) is 10.2 Å². The van der Waals surface area contributed by atoms with Crippen molar-refractivity contribution in [1.82, 2.24) is 0 Å². The predicted molar refractivity (Wildman–Crippen MR) is 70.8 cm³/mol. The quantitative estimate of drug-likeness (QED) is 0.434. The molecule has 92 valence electrons. The van der Waals surface area contributed by atoms with Crippen molar-refractivity contribution in [3.05, 3.63) is 27.7 Å². The third-order valence-corrected chi connectivity index (χ3v) is 3.12. The number of hydrogen-bond donors (Lipinski definition) is 0. The van der Waals surface area contributed by atoms with E-state index in [1.165, 1.54) is 6.92 Å². The van der Waals surface area contributed by atoms with Crippen LogP contribution in [-0.4, -0.2) is 10.2 Å². The minimum absolute atomic E-state index is 0.228. The first-order chi connectivity index (χ1) is 7.74. The maximum absolute atomic E-state index is 11.0. The molecule has 0 fully saturated rings. The van der Waals surface area contributed by atoms with Crippen molar-refractivity contribution < 1.29 is 4.79 Å². The molecule has 0 saturated heterocycles. The number of carbonyl (C=O) groups is 1. The molecule has 0 aliphatic heterocycles. The summed E-state index contributed by atoms with van der Waals surface area (Å²) < 4.78 is -1.92. The largest absolute Gasteiger partial charge is 0.294 e. The highest BCUT2D eigenvalue weighted by atomic mass is 35.5. The van der Waals surface area contributed by atoms with Crippen LogP contribution in [0.3, 0.4) is 0 Å². The van der Waals surface area contributed by atoms with Crippen LogP contribution in [-0.2, 0) is 4.79 Å². The van der Waals surface area contributed by atoms with E-state index < -0.39 is 10.2 Å². The molecule has 0 saturated carbocycles. The number of alkyl halides is 2. The van der Waals surface area contributed by atoms with Gasteiger partial charge >= 0.3 is 0 Å². The summed E-state index contributed by atoms with van der Waals surface area (Å²) in [7, 11) is 0. The van der Waals surface area contributed by atoms with Crippen LogP contribution in [0.5, 0.6) is 0 Å². The zero-order valence-corrected chi connectivity index (χ0v) is 12.0. The monoisotopic (exact) mass is 312 g/mol. The molecule has 0 spiro atoms. The molecular weight excluding hydrogens is 306 g/mol. The number of nitrogens with zero attached hydrogens (tertiary/aromatic N) is 2. The molecular formula is C10H8Cl4N2O. The van der Waals surface area contributed by atoms with E-state index in [0.29, 0.717) is 10.0 Å². The Bertz CT molecular complexity index is 462. The molecule has 7 heteroatoms. The standard InChI is InChI=1S/C10H8Cl4N2O/c1-5-3-7(11)9(8(12)4-5)15-16-10(13,14)6(2)17/h3-4H,1-2H3. The van der Waals surface area contributed by atoms with Gasteiger partial charge in [0, 0.05) is 0 Å². The number of rotatable bonds is 3. The van der Waals surface area contributed by atoms with E-state index in [-0.39, 0.29) is 5.69 Å². The number of ketones is 1. The van der Waals surface area contributed by atoms with Gasteiger partial charge < -0.3 is 0 Å². The molecule has 17 heavy (non-hydrogen) atoms. The summed E-state index contributed by atoms with van der Waals surface area (Å²) in [6.45, 7) is 3.04. The molecule has 0 N–H and O–H groups in total. The van der Waals surface area contributed by atoms with Crippen LogP contribution < -0.4 is 0 Å². The van der Waals surface area contributed by atoms with E-state index in [9.17, 15) is 4.79 Å². The third kappa shape index (κ3) is 3.81. The van der Waals surface area contributed by atoms with Crippen molar-refractivity contribution in [2.75, 3.05) is 0 Å². The zero-order valence-electron chi connectivity index (χ0n) is 8.97. The number of aryl methyl sites for hydroxylation is 1. The van der Waals surface area contributed by atoms with Crippen molar-refractivity contribution in [3.63, 3.8) is 0 Å². The summed E-state index contributed by atoms with van der Waals surface area (Å²) in [6.07, 6.45) is 0. The van der Waals surface area contributed by atoms with Gasteiger partial charge in [0.05, 0.1) is 10.0 Å². The maximum atomic E-state index is 11.0. The number of halogens is 4. The van der Waals surface area contributed by atoms with Crippen molar-refractivity contribution in [2.45, 2.75) is 18.3 Å². The number of benzene rings is 1. The van der Waals surface area contributed by atoms with Gasteiger partial charge in [0.1, 0.15) is 5.69 Å². The van der Waals surface area contributed by atoms with E-state index in [1.54, 1.807) is 12.1 Å². The van der Waals surface area contributed by atoms with Gasteiger partial charge in [0.15, 0.2) is 5.78 Å². The Morgan fingerprint density at radius 3 is 2.12 bits per heavy atom. The SMILES string of the molecule is CC(=O)C(Cl)(Cl)N=Nc1c(Cl)cc(C)cc1Cl. The van der Waals surface area contributed by atoms with Crippen LogP contribution in [0.2, 0.25) is 10.0 Å². The molecule has 0 aliphatic carbocycles. The lowest BCUT2D eigenvalue weighted by molar-refractivity contribution is -0.117. The molecule has 0 unspecified atom stereocenters. The van der Waals surface area contributed by atoms with Gasteiger partial charge in [0.2, 0.25) is 0 Å². The fourth-order valence-corrected chi connectivity index (χ4v) is 1.72. The van der Waals surface area contributed by atoms with Crippen LogP contribution in [0.15, 0.2) is 22.4 Å². The first-order valence-corrected chi connectivity index (χ1v) is 6.02. The molecule has 1 rings (SSSR count). The van der Waals surface area contributed by atoms with Crippen LogP contribution in [0.4, 0.5) is 5.69 Å². The fourth-order valence-electron chi connectivity index (χ4n) is 0.971. The first kappa shape index (κ1) is 14.7. The van der Waals surface area contributed by atoms with Crippen LogP contribution in [0.25, 0.3) is 0 Å². The van der Waals surface area contributed by atoms with Gasteiger partial charge in [-0.25, -0.2) is 0 Å². The minimum Gasteiger partial charge on any atom is -0.294 e. The topological polar surface area (TPSA) is 41.8 Å². The van der Waals surface area contributed by atoms with Crippen molar-refractivity contribution in [3.8, 4) is 0 Å². The number of Topliss-reactive ketones (excluding diaryl/α,β-unsaturated/α-hetero) is 1. The molecule has 1 aromatic carbocycles. The van der Waals surface area contributed by atoms with Crippen LogP contribution in [0, 0.1) is 6.92 Å². The maximum Gasteiger partial charge on any atom is 0.285 e. The van der Waals surface area contributed by atoms with Crippen molar-refractivity contribution in [2.24, 2.45) is 10.2 Å². The lowest BCUT2D eigenvalue weighted by Gasteiger charge is -2.08. The minimum atomic E-state index is -1.92. The zero-order chi connectivity index (χ0) is 13.2. The predicted octanol–water partition coefficient (Wildman–Crippen LogP) is 5.11. The molecule has 0 heterocycles. The van der Waals surface area contributed by atoms with Crippen LogP contribution in [0.1, 0.15) is 12.5 Å². The highest BCUT2D eigenvalue weighted by molar-refractivity contribution is 6.57. The molecule has 0 radical (unpaired) electrons. The van der Waals surface area contributed by atoms with Crippen molar-refractivity contribution >= 4 is 57.9 Å². The average Bonchev–Trinajstić information content (AvgIpc) is 2.15. The fraction of sp³-hybridized carbons (Fsp3) is 0.300. The molecule has 1 aromatic rings. The van der Waals surface area contributed by atoms with Gasteiger partial charge in [-0.05, 0) is 31.5 Å². The van der Waals surface area contributed by atoms with E-state index in [0.717, 1.165) is 5.56 Å². The second kappa shape index (κ2) is 5.53. The first-order valence-electron chi connectivity index (χ1n) is 4.51. The molecule has 0 amide bonds. The average molecular weight is 314 g/mol. The van der Waals surface area contributed by atoms with Gasteiger partial charge in [-0.15, -0.1) is 10.2 Å². The number of hydrogen-bond acceptors (Lipinski definition) is 3. The molecule has 0 bridgehead atoms. The lowest BCUT2D eigenvalue weighted by Crippen LogP contribution is -2.19. The number of azo groups is 1. The number of carbonyl (C=O) groups excluding carboxylic acids is 1. The van der Waals surface area contributed by atoms with Crippen LogP contribution >= 0.6 is 46.4 Å². The lowest BCUT2D eigenvalue weighted by atomic mass is 10.2. The molecule has 0 atom stereocenters. The summed E-state index contributed by atoms with van der Waals surface area (Å²) in [5.74, 6) is -0.538. The second-order valence-corrected chi connectivity index (χ2v) is 5.48. The van der Waals surface area contributed by atoms with Crippen molar-refractivity contribution in [1.29, 1.82) is 0 Å². The highest BCUT2D eigenvalue weighted by Gasteiger charge is 2.29. The van der Waals surface area contributed by atoms with Gasteiger partial charge in [-0.1, -0.05) is 46.4 Å². The summed E-state index contributed by atoms with van der Waals surface area (Å²) in [6, 6.07) is 3.33. The summed E-state index contributed by atoms with van der Waals surface area (Å²) in [4.78, 5) is 11.0. The Morgan fingerprint density at radius 2 is 1.71 bits per heavy atom. The summed E-state index contributed by atoms with van der Waals surface area (Å²) in [5, 5.41) is 7.85. The van der Waals surface area contributed by atoms with Gasteiger partial charge in [-0.3, -0.25) is 4.79 Å². The second-order valence-electron chi connectivity index (χ2n) is 3.37. The Balaban J connectivity index is 3.12.